The molecule has 0 amide bonds. The van der Waals surface area contributed by atoms with Gasteiger partial charge in [0.05, 0.1) is 22.9 Å². The number of benzene rings is 1. The molecule has 0 aliphatic heterocycles. The SMILES string of the molecule is CCCCCSc1nc2ccccc2n1Cc1nc(-c2ccoc2)no1. The third-order valence-electron chi connectivity index (χ3n) is 4.14. The summed E-state index contributed by atoms with van der Waals surface area (Å²) in [7, 11) is 0. The minimum atomic E-state index is 0.501. The molecule has 4 rings (SSSR count). The van der Waals surface area contributed by atoms with Gasteiger partial charge in [0, 0.05) is 5.75 Å². The molecule has 0 spiro atoms. The van der Waals surface area contributed by atoms with E-state index in [4.69, 9.17) is 13.9 Å². The quantitative estimate of drug-likeness (QED) is 0.322. The lowest BCUT2D eigenvalue weighted by atomic mass is 10.3. The topological polar surface area (TPSA) is 69.9 Å². The average Bonchev–Trinajstić information content (AvgIpc) is 3.40. The third-order valence-corrected chi connectivity index (χ3v) is 5.20. The van der Waals surface area contributed by atoms with Crippen LogP contribution in [0.2, 0.25) is 0 Å². The van der Waals surface area contributed by atoms with Crippen LogP contribution in [0.3, 0.4) is 0 Å². The monoisotopic (exact) mass is 368 g/mol. The third kappa shape index (κ3) is 3.53. The lowest BCUT2D eigenvalue weighted by Crippen LogP contribution is -2.02. The van der Waals surface area contributed by atoms with E-state index in [1.807, 2.05) is 24.3 Å². The van der Waals surface area contributed by atoms with Gasteiger partial charge in [0.15, 0.2) is 5.16 Å². The smallest absolute Gasteiger partial charge is 0.246 e. The zero-order valence-electron chi connectivity index (χ0n) is 14.6. The van der Waals surface area contributed by atoms with E-state index in [0.29, 0.717) is 18.3 Å². The van der Waals surface area contributed by atoms with Crippen LogP contribution in [-0.2, 0) is 6.54 Å². The van der Waals surface area contributed by atoms with Gasteiger partial charge in [0.1, 0.15) is 12.8 Å². The first kappa shape index (κ1) is 16.9. The highest BCUT2D eigenvalue weighted by atomic mass is 32.2. The van der Waals surface area contributed by atoms with Crippen molar-refractivity contribution < 1.29 is 8.94 Å². The molecular weight excluding hydrogens is 348 g/mol. The number of aromatic nitrogens is 4. The molecule has 0 aliphatic rings. The molecule has 3 aromatic heterocycles. The Hall–Kier alpha value is -2.54. The Bertz CT molecular complexity index is 975. The first-order valence-electron chi connectivity index (χ1n) is 8.78. The summed E-state index contributed by atoms with van der Waals surface area (Å²) in [5, 5.41) is 5.04. The van der Waals surface area contributed by atoms with E-state index in [0.717, 1.165) is 27.5 Å². The van der Waals surface area contributed by atoms with Crippen LogP contribution >= 0.6 is 11.8 Å². The largest absolute Gasteiger partial charge is 0.472 e. The summed E-state index contributed by atoms with van der Waals surface area (Å²) < 4.78 is 12.7. The molecule has 0 radical (unpaired) electrons. The minimum absolute atomic E-state index is 0.501. The molecule has 6 nitrogen and oxygen atoms in total. The van der Waals surface area contributed by atoms with Crippen molar-refractivity contribution in [2.75, 3.05) is 5.75 Å². The van der Waals surface area contributed by atoms with Gasteiger partial charge in [-0.3, -0.25) is 0 Å². The van der Waals surface area contributed by atoms with E-state index in [2.05, 4.69) is 27.7 Å². The van der Waals surface area contributed by atoms with Gasteiger partial charge in [-0.2, -0.15) is 4.98 Å². The molecule has 0 fully saturated rings. The Balaban J connectivity index is 1.60. The van der Waals surface area contributed by atoms with Crippen LogP contribution in [0, 0.1) is 0 Å². The van der Waals surface area contributed by atoms with E-state index in [1.54, 1.807) is 24.3 Å². The first-order chi connectivity index (χ1) is 12.8. The van der Waals surface area contributed by atoms with E-state index >= 15 is 0 Å². The Labute approximate surface area is 155 Å². The number of rotatable bonds is 8. The van der Waals surface area contributed by atoms with Gasteiger partial charge in [-0.05, 0) is 24.6 Å². The fraction of sp³-hybridized carbons (Fsp3) is 0.316. The molecule has 0 atom stereocenters. The van der Waals surface area contributed by atoms with Crippen LogP contribution in [0.25, 0.3) is 22.4 Å². The highest BCUT2D eigenvalue weighted by molar-refractivity contribution is 7.99. The van der Waals surface area contributed by atoms with Crippen LogP contribution in [0.15, 0.2) is 57.0 Å². The number of para-hydroxylation sites is 2. The van der Waals surface area contributed by atoms with Crippen LogP contribution in [-0.4, -0.2) is 25.4 Å². The Kier molecular flexibility index (Phi) is 5.06. The van der Waals surface area contributed by atoms with Crippen molar-refractivity contribution in [3.05, 3.63) is 48.7 Å². The fourth-order valence-corrected chi connectivity index (χ4v) is 3.81. The molecule has 3 heterocycles. The summed E-state index contributed by atoms with van der Waals surface area (Å²) in [5.74, 6) is 2.15. The van der Waals surface area contributed by atoms with E-state index in [9.17, 15) is 0 Å². The van der Waals surface area contributed by atoms with Crippen LogP contribution in [0.1, 0.15) is 32.1 Å². The second-order valence-electron chi connectivity index (χ2n) is 6.05. The molecule has 1 aromatic carbocycles. The fourth-order valence-electron chi connectivity index (χ4n) is 2.80. The molecule has 134 valence electrons. The average molecular weight is 368 g/mol. The number of fused-ring (bicyclic) bond motifs is 1. The maximum atomic E-state index is 5.45. The number of hydrogen-bond acceptors (Lipinski definition) is 6. The summed E-state index contributed by atoms with van der Waals surface area (Å²) in [6.07, 6.45) is 6.85. The second kappa shape index (κ2) is 7.78. The number of furan rings is 1. The summed E-state index contributed by atoms with van der Waals surface area (Å²) in [5.41, 5.74) is 2.87. The summed E-state index contributed by atoms with van der Waals surface area (Å²) in [4.78, 5) is 9.27. The zero-order valence-corrected chi connectivity index (χ0v) is 15.4. The maximum absolute atomic E-state index is 5.45. The van der Waals surface area contributed by atoms with Gasteiger partial charge < -0.3 is 13.5 Å². The van der Waals surface area contributed by atoms with Crippen molar-refractivity contribution in [3.8, 4) is 11.4 Å². The lowest BCUT2D eigenvalue weighted by molar-refractivity contribution is 0.369. The second-order valence-corrected chi connectivity index (χ2v) is 7.11. The predicted octanol–water partition coefficient (Wildman–Crippen LogP) is 5.01. The number of hydrogen-bond donors (Lipinski definition) is 0. The summed E-state index contributed by atoms with van der Waals surface area (Å²) >= 11 is 1.78. The van der Waals surface area contributed by atoms with Crippen molar-refractivity contribution in [2.45, 2.75) is 37.9 Å². The van der Waals surface area contributed by atoms with Crippen molar-refractivity contribution in [3.63, 3.8) is 0 Å². The van der Waals surface area contributed by atoms with Gasteiger partial charge in [0.25, 0.3) is 0 Å². The molecule has 26 heavy (non-hydrogen) atoms. The molecule has 4 aromatic rings. The molecule has 0 bridgehead atoms. The molecule has 0 aliphatic carbocycles. The lowest BCUT2D eigenvalue weighted by Gasteiger charge is -2.06. The van der Waals surface area contributed by atoms with E-state index < -0.39 is 0 Å². The number of unbranched alkanes of at least 4 members (excludes halogenated alkanes) is 2. The minimum Gasteiger partial charge on any atom is -0.472 e. The Morgan fingerprint density at radius 1 is 1.12 bits per heavy atom. The number of nitrogens with zero attached hydrogens (tertiary/aromatic N) is 4. The number of imidazole rings is 1. The van der Waals surface area contributed by atoms with Gasteiger partial charge in [-0.25, -0.2) is 4.98 Å². The highest BCUT2D eigenvalue weighted by Crippen LogP contribution is 2.26. The van der Waals surface area contributed by atoms with Crippen LogP contribution in [0.4, 0.5) is 0 Å². The van der Waals surface area contributed by atoms with Crippen LogP contribution in [0.5, 0.6) is 0 Å². The highest BCUT2D eigenvalue weighted by Gasteiger charge is 2.15. The summed E-state index contributed by atoms with van der Waals surface area (Å²) in [6.45, 7) is 2.72. The Morgan fingerprint density at radius 3 is 2.88 bits per heavy atom. The normalized spacial score (nSPS) is 11.4. The molecule has 0 saturated carbocycles. The molecule has 0 saturated heterocycles. The molecular formula is C19H20N4O2S. The molecule has 0 N–H and O–H groups in total. The van der Waals surface area contributed by atoms with Crippen LogP contribution < -0.4 is 0 Å². The van der Waals surface area contributed by atoms with E-state index in [-0.39, 0.29) is 0 Å². The standard InChI is InChI=1S/C19H20N4O2S/c1-2-3-6-11-26-19-20-15-7-4-5-8-16(15)23(19)12-17-21-18(22-25-17)14-9-10-24-13-14/h4-5,7-10,13H,2-3,6,11-12H2,1H3. The van der Waals surface area contributed by atoms with Gasteiger partial charge in [-0.1, -0.05) is 48.8 Å². The predicted molar refractivity (Wildman–Crippen MR) is 101 cm³/mol. The summed E-state index contributed by atoms with van der Waals surface area (Å²) in [6, 6.07) is 9.96. The Morgan fingerprint density at radius 2 is 2.04 bits per heavy atom. The van der Waals surface area contributed by atoms with Crippen molar-refractivity contribution >= 4 is 22.8 Å². The van der Waals surface area contributed by atoms with E-state index in [1.165, 1.54) is 19.3 Å². The zero-order chi connectivity index (χ0) is 17.8. The number of thioether (sulfide) groups is 1. The van der Waals surface area contributed by atoms with Crippen molar-refractivity contribution in [2.24, 2.45) is 0 Å². The van der Waals surface area contributed by atoms with Gasteiger partial charge in [-0.15, -0.1) is 0 Å². The van der Waals surface area contributed by atoms with Gasteiger partial charge >= 0.3 is 0 Å². The molecule has 0 unspecified atom stereocenters. The van der Waals surface area contributed by atoms with Gasteiger partial charge in [0.2, 0.25) is 11.7 Å². The van der Waals surface area contributed by atoms with Crippen molar-refractivity contribution in [1.82, 2.24) is 19.7 Å². The molecule has 7 heteroatoms. The maximum Gasteiger partial charge on any atom is 0.246 e. The van der Waals surface area contributed by atoms with Crippen molar-refractivity contribution in [1.29, 1.82) is 0 Å². The first-order valence-corrected chi connectivity index (χ1v) is 9.77.